The van der Waals surface area contributed by atoms with Crippen LogP contribution in [0, 0.1) is 5.92 Å². The first-order valence-corrected chi connectivity index (χ1v) is 12.1. The number of rotatable bonds is 0. The first-order chi connectivity index (χ1) is 16.5. The smallest absolute Gasteiger partial charge is 0.227 e. The highest BCUT2D eigenvalue weighted by Gasteiger charge is 2.20. The molecule has 1 fully saturated rings. The van der Waals surface area contributed by atoms with Crippen LogP contribution in [0.2, 0.25) is 0 Å². The Labute approximate surface area is 201 Å². The van der Waals surface area contributed by atoms with Crippen molar-refractivity contribution in [1.29, 1.82) is 0 Å². The second-order valence-corrected chi connectivity index (χ2v) is 9.53. The summed E-state index contributed by atoms with van der Waals surface area (Å²) in [6.07, 6.45) is 4.76. The highest BCUT2D eigenvalue weighted by molar-refractivity contribution is 5.63. The van der Waals surface area contributed by atoms with Gasteiger partial charge in [0.1, 0.15) is 11.6 Å². The lowest BCUT2D eigenvalue weighted by Crippen LogP contribution is -2.47. The van der Waals surface area contributed by atoms with Gasteiger partial charge in [0.15, 0.2) is 0 Å². The van der Waals surface area contributed by atoms with Crippen molar-refractivity contribution < 1.29 is 5.11 Å². The Kier molecular flexibility index (Phi) is 6.60. The molecule has 8 rings (SSSR count). The molecule has 8 heteroatoms. The number of hydrogen-bond acceptors (Lipinski definition) is 8. The molecule has 3 aromatic rings. The molecule has 5 aliphatic heterocycles. The van der Waals surface area contributed by atoms with Gasteiger partial charge in [-0.3, -0.25) is 4.90 Å². The third-order valence-electron chi connectivity index (χ3n) is 6.81. The van der Waals surface area contributed by atoms with Gasteiger partial charge >= 0.3 is 0 Å². The lowest BCUT2D eigenvalue weighted by Gasteiger charge is -2.36. The molecule has 0 aliphatic carbocycles. The number of nitrogens with one attached hydrogen (secondary N) is 1. The first kappa shape index (κ1) is 22.6. The minimum Gasteiger partial charge on any atom is -0.508 e. The fraction of sp³-hybridized carbons (Fsp3) is 0.423. The maximum absolute atomic E-state index is 10.5. The quantitative estimate of drug-likeness (QED) is 0.494. The third kappa shape index (κ3) is 5.29. The van der Waals surface area contributed by atoms with Crippen molar-refractivity contribution in [3.63, 3.8) is 0 Å². The highest BCUT2D eigenvalue weighted by Crippen LogP contribution is 2.26. The molecule has 1 saturated heterocycles. The van der Waals surface area contributed by atoms with Crippen LogP contribution in [-0.2, 0) is 6.54 Å². The van der Waals surface area contributed by atoms with E-state index in [1.54, 1.807) is 12.3 Å². The van der Waals surface area contributed by atoms with Crippen molar-refractivity contribution in [2.45, 2.75) is 19.9 Å². The predicted molar refractivity (Wildman–Crippen MR) is 135 cm³/mol. The van der Waals surface area contributed by atoms with Crippen LogP contribution in [0.3, 0.4) is 0 Å². The van der Waals surface area contributed by atoms with Gasteiger partial charge in [-0.15, -0.1) is 0 Å². The number of piperazine rings is 1. The van der Waals surface area contributed by atoms with E-state index >= 15 is 0 Å². The van der Waals surface area contributed by atoms with Crippen LogP contribution in [0.25, 0.3) is 11.3 Å². The summed E-state index contributed by atoms with van der Waals surface area (Å²) in [6.45, 7) is 9.29. The molecule has 2 N–H and O–H groups in total. The van der Waals surface area contributed by atoms with Gasteiger partial charge in [0.05, 0.1) is 5.69 Å². The number of aromatic nitrogens is 3. The largest absolute Gasteiger partial charge is 0.508 e. The Morgan fingerprint density at radius 1 is 0.971 bits per heavy atom. The topological polar surface area (TPSA) is 80.6 Å². The van der Waals surface area contributed by atoms with Gasteiger partial charge in [0.2, 0.25) is 5.95 Å². The van der Waals surface area contributed by atoms with E-state index in [1.807, 2.05) is 24.4 Å². The molecule has 8 bridgehead atoms. The molecule has 1 aromatic carbocycles. The Morgan fingerprint density at radius 3 is 2.59 bits per heavy atom. The maximum Gasteiger partial charge on any atom is 0.227 e. The summed E-state index contributed by atoms with van der Waals surface area (Å²) in [5.74, 6) is 2.43. The molecular weight excluding hydrogens is 426 g/mol. The molecular formula is C26H33N7O. The molecule has 178 valence electrons. The third-order valence-corrected chi connectivity index (χ3v) is 6.81. The zero-order valence-corrected chi connectivity index (χ0v) is 20.0. The summed E-state index contributed by atoms with van der Waals surface area (Å²) in [6, 6.07) is 11.6. The molecule has 7 heterocycles. The Morgan fingerprint density at radius 2 is 1.79 bits per heavy atom. The summed E-state index contributed by atoms with van der Waals surface area (Å²) in [7, 11) is 2.11. The van der Waals surface area contributed by atoms with Crippen LogP contribution in [-0.4, -0.2) is 76.2 Å². The fourth-order valence-electron chi connectivity index (χ4n) is 4.69. The monoisotopic (exact) mass is 459 g/mol. The highest BCUT2D eigenvalue weighted by atomic mass is 16.3. The van der Waals surface area contributed by atoms with Gasteiger partial charge in [0.25, 0.3) is 0 Å². The molecule has 34 heavy (non-hydrogen) atoms. The maximum atomic E-state index is 10.5. The molecule has 8 nitrogen and oxygen atoms in total. The molecule has 5 aliphatic rings. The lowest BCUT2D eigenvalue weighted by molar-refractivity contribution is 0.113. The second kappa shape index (κ2) is 9.95. The summed E-state index contributed by atoms with van der Waals surface area (Å²) in [5, 5.41) is 13.8. The van der Waals surface area contributed by atoms with Gasteiger partial charge in [-0.1, -0.05) is 6.92 Å². The van der Waals surface area contributed by atoms with E-state index < -0.39 is 0 Å². The van der Waals surface area contributed by atoms with Gasteiger partial charge < -0.3 is 20.2 Å². The zero-order valence-electron chi connectivity index (χ0n) is 20.0. The number of hydrogen-bond donors (Lipinski definition) is 2. The van der Waals surface area contributed by atoms with E-state index in [4.69, 9.17) is 9.97 Å². The van der Waals surface area contributed by atoms with E-state index in [0.29, 0.717) is 17.6 Å². The number of nitrogens with zero attached hydrogens (tertiary/aromatic N) is 6. The zero-order chi connectivity index (χ0) is 23.5. The van der Waals surface area contributed by atoms with E-state index in [-0.39, 0.29) is 0 Å². The minimum absolute atomic E-state index is 0.324. The van der Waals surface area contributed by atoms with Crippen LogP contribution in [0.1, 0.15) is 18.9 Å². The van der Waals surface area contributed by atoms with Gasteiger partial charge in [-0.05, 0) is 48.7 Å². The number of phenolic OH excluding ortho intramolecular Hbond substituents is 1. The number of aromatic hydroxyl groups is 1. The Hall–Kier alpha value is -3.23. The number of benzene rings is 1. The summed E-state index contributed by atoms with van der Waals surface area (Å²) in [4.78, 5) is 21.0. The lowest BCUT2D eigenvalue weighted by atomic mass is 10.1. The molecule has 2 aromatic heterocycles. The number of anilines is 3. The molecule has 0 amide bonds. The summed E-state index contributed by atoms with van der Waals surface area (Å²) >= 11 is 0. The average Bonchev–Trinajstić information content (AvgIpc) is 2.85. The Bertz CT molecular complexity index is 1110. The van der Waals surface area contributed by atoms with Gasteiger partial charge in [-0.2, -0.15) is 0 Å². The molecule has 1 atom stereocenters. The summed E-state index contributed by atoms with van der Waals surface area (Å²) < 4.78 is 0. The standard InChI is InChI=1S/C26H33N7O/c1-19-8-10-31(2)25-6-3-20(16-28-25)23-7-9-27-26(30-23)29-22-4-5-24(34)21(15-22)18-33-13-11-32(17-19)12-14-33/h3-7,9,15-16,19,34H,8,10-14,17-18H2,1-2H3,(H,27,29,30). The Balaban J connectivity index is 1.44. The first-order valence-electron chi connectivity index (χ1n) is 12.1. The van der Waals surface area contributed by atoms with Crippen molar-refractivity contribution in [1.82, 2.24) is 24.8 Å². The van der Waals surface area contributed by atoms with E-state index in [1.165, 1.54) is 0 Å². The fourth-order valence-corrected chi connectivity index (χ4v) is 4.69. The van der Waals surface area contributed by atoms with Crippen LogP contribution >= 0.6 is 0 Å². The van der Waals surface area contributed by atoms with Crippen molar-refractivity contribution >= 4 is 17.5 Å². The van der Waals surface area contributed by atoms with Crippen molar-refractivity contribution in [2.24, 2.45) is 5.92 Å². The van der Waals surface area contributed by atoms with Crippen molar-refractivity contribution in [3.05, 3.63) is 54.4 Å². The SMILES string of the molecule is CC1CCN(C)c2ccc(cn2)-c2ccnc(n2)Nc2ccc(O)c(c2)CN2CCN(CC2)C1. The van der Waals surface area contributed by atoms with Gasteiger partial charge in [0, 0.05) is 82.1 Å². The number of pyridine rings is 1. The predicted octanol–water partition coefficient (Wildman–Crippen LogP) is 3.58. The minimum atomic E-state index is 0.324. The van der Waals surface area contributed by atoms with Crippen LogP contribution in [0.4, 0.5) is 17.5 Å². The van der Waals surface area contributed by atoms with E-state index in [9.17, 15) is 5.11 Å². The second-order valence-electron chi connectivity index (χ2n) is 9.53. The van der Waals surface area contributed by atoms with Gasteiger partial charge in [-0.25, -0.2) is 15.0 Å². The van der Waals surface area contributed by atoms with Crippen molar-refractivity contribution in [2.75, 3.05) is 56.5 Å². The van der Waals surface area contributed by atoms with Crippen LogP contribution < -0.4 is 10.2 Å². The molecule has 0 spiro atoms. The van der Waals surface area contributed by atoms with Crippen LogP contribution in [0.5, 0.6) is 5.75 Å². The molecule has 0 radical (unpaired) electrons. The number of phenols is 1. The summed E-state index contributed by atoms with van der Waals surface area (Å²) in [5.41, 5.74) is 3.54. The van der Waals surface area contributed by atoms with E-state index in [0.717, 1.165) is 80.6 Å². The normalized spacial score (nSPS) is 23.2. The van der Waals surface area contributed by atoms with Crippen LogP contribution in [0.15, 0.2) is 48.8 Å². The average molecular weight is 460 g/mol. The van der Waals surface area contributed by atoms with Crippen molar-refractivity contribution in [3.8, 4) is 17.0 Å². The molecule has 1 unspecified atom stereocenters. The molecule has 0 saturated carbocycles. The van der Waals surface area contributed by atoms with E-state index in [2.05, 4.69) is 51.1 Å².